The maximum absolute atomic E-state index is 13.4. The SMILES string of the molecule is CC(C)Nc1nc(Nc2ccc(F)c(F)c2)cc(-c2ccccn2)n1. The Morgan fingerprint density at radius 1 is 0.920 bits per heavy atom. The van der Waals surface area contributed by atoms with Crippen LogP contribution in [-0.2, 0) is 0 Å². The first-order valence-electron chi connectivity index (χ1n) is 7.80. The second-order valence-corrected chi connectivity index (χ2v) is 5.73. The molecule has 0 saturated heterocycles. The summed E-state index contributed by atoms with van der Waals surface area (Å²) in [5.41, 5.74) is 1.69. The molecule has 2 heterocycles. The van der Waals surface area contributed by atoms with Crippen molar-refractivity contribution in [2.45, 2.75) is 19.9 Å². The lowest BCUT2D eigenvalue weighted by molar-refractivity contribution is 0.509. The van der Waals surface area contributed by atoms with Crippen LogP contribution in [-0.4, -0.2) is 21.0 Å². The van der Waals surface area contributed by atoms with Gasteiger partial charge in [0, 0.05) is 30.1 Å². The molecule has 0 atom stereocenters. The summed E-state index contributed by atoms with van der Waals surface area (Å²) >= 11 is 0. The van der Waals surface area contributed by atoms with E-state index in [1.165, 1.54) is 6.07 Å². The molecule has 0 aliphatic carbocycles. The van der Waals surface area contributed by atoms with Crippen LogP contribution in [0.25, 0.3) is 11.4 Å². The van der Waals surface area contributed by atoms with Crippen molar-refractivity contribution in [3.8, 4) is 11.4 Å². The molecule has 0 bridgehead atoms. The van der Waals surface area contributed by atoms with Crippen molar-refractivity contribution >= 4 is 17.5 Å². The minimum Gasteiger partial charge on any atom is -0.352 e. The van der Waals surface area contributed by atoms with Crippen LogP contribution < -0.4 is 10.6 Å². The summed E-state index contributed by atoms with van der Waals surface area (Å²) in [4.78, 5) is 13.1. The maximum Gasteiger partial charge on any atom is 0.225 e. The van der Waals surface area contributed by atoms with Crippen molar-refractivity contribution < 1.29 is 8.78 Å². The minimum atomic E-state index is -0.926. The molecule has 3 aromatic rings. The lowest BCUT2D eigenvalue weighted by atomic mass is 10.2. The van der Waals surface area contributed by atoms with E-state index >= 15 is 0 Å². The smallest absolute Gasteiger partial charge is 0.225 e. The molecule has 0 aliphatic heterocycles. The number of benzene rings is 1. The number of rotatable bonds is 5. The van der Waals surface area contributed by atoms with Gasteiger partial charge in [0.2, 0.25) is 5.95 Å². The highest BCUT2D eigenvalue weighted by Crippen LogP contribution is 2.23. The van der Waals surface area contributed by atoms with Crippen LogP contribution >= 0.6 is 0 Å². The number of anilines is 3. The zero-order valence-electron chi connectivity index (χ0n) is 13.8. The molecule has 0 radical (unpaired) electrons. The van der Waals surface area contributed by atoms with E-state index in [-0.39, 0.29) is 6.04 Å². The van der Waals surface area contributed by atoms with Crippen LogP contribution in [0.3, 0.4) is 0 Å². The summed E-state index contributed by atoms with van der Waals surface area (Å²) in [6.07, 6.45) is 1.68. The number of pyridine rings is 1. The van der Waals surface area contributed by atoms with E-state index in [0.29, 0.717) is 28.8 Å². The Balaban J connectivity index is 1.98. The van der Waals surface area contributed by atoms with Gasteiger partial charge in [-0.05, 0) is 38.1 Å². The van der Waals surface area contributed by atoms with Gasteiger partial charge in [0.1, 0.15) is 5.82 Å². The lowest BCUT2D eigenvalue weighted by Gasteiger charge is -2.13. The number of hydrogen-bond acceptors (Lipinski definition) is 5. The molecule has 3 rings (SSSR count). The number of halogens is 2. The molecule has 0 unspecified atom stereocenters. The van der Waals surface area contributed by atoms with E-state index in [1.54, 1.807) is 12.3 Å². The number of nitrogens with zero attached hydrogens (tertiary/aromatic N) is 3. The van der Waals surface area contributed by atoms with Gasteiger partial charge in [-0.15, -0.1) is 0 Å². The monoisotopic (exact) mass is 341 g/mol. The van der Waals surface area contributed by atoms with Gasteiger partial charge in [-0.25, -0.2) is 13.8 Å². The van der Waals surface area contributed by atoms with Crippen molar-refractivity contribution in [1.82, 2.24) is 15.0 Å². The minimum absolute atomic E-state index is 0.134. The summed E-state index contributed by atoms with van der Waals surface area (Å²) in [5.74, 6) is -0.956. The molecule has 0 spiro atoms. The summed E-state index contributed by atoms with van der Waals surface area (Å²) in [5, 5.41) is 6.11. The van der Waals surface area contributed by atoms with E-state index in [9.17, 15) is 8.78 Å². The van der Waals surface area contributed by atoms with Crippen molar-refractivity contribution in [3.05, 3.63) is 60.3 Å². The Morgan fingerprint density at radius 3 is 2.44 bits per heavy atom. The van der Waals surface area contributed by atoms with Crippen LogP contribution in [0, 0.1) is 11.6 Å². The molecular weight excluding hydrogens is 324 g/mol. The predicted molar refractivity (Wildman–Crippen MR) is 93.7 cm³/mol. The van der Waals surface area contributed by atoms with Crippen LogP contribution in [0.15, 0.2) is 48.7 Å². The van der Waals surface area contributed by atoms with Gasteiger partial charge in [0.05, 0.1) is 11.4 Å². The van der Waals surface area contributed by atoms with E-state index in [2.05, 4.69) is 25.6 Å². The van der Waals surface area contributed by atoms with Crippen LogP contribution in [0.5, 0.6) is 0 Å². The summed E-state index contributed by atoms with van der Waals surface area (Å²) in [6, 6.07) is 10.9. The molecule has 2 N–H and O–H groups in total. The molecular formula is C18H17F2N5. The number of nitrogens with one attached hydrogen (secondary N) is 2. The molecule has 0 saturated carbocycles. The van der Waals surface area contributed by atoms with Gasteiger partial charge in [-0.2, -0.15) is 4.98 Å². The molecule has 0 fully saturated rings. The molecule has 1 aromatic carbocycles. The van der Waals surface area contributed by atoms with Crippen LogP contribution in [0.2, 0.25) is 0 Å². The quantitative estimate of drug-likeness (QED) is 0.721. The molecule has 2 aromatic heterocycles. The standard InChI is InChI=1S/C18H17F2N5/c1-11(2)22-18-24-16(15-5-3-4-8-21-15)10-17(25-18)23-12-6-7-13(19)14(20)9-12/h3-11H,1-2H3,(H2,22,23,24,25). The fourth-order valence-corrected chi connectivity index (χ4v) is 2.20. The largest absolute Gasteiger partial charge is 0.352 e. The third-order valence-electron chi connectivity index (χ3n) is 3.26. The average Bonchev–Trinajstić information content (AvgIpc) is 2.58. The van der Waals surface area contributed by atoms with E-state index in [4.69, 9.17) is 0 Å². The van der Waals surface area contributed by atoms with Crippen molar-refractivity contribution in [3.63, 3.8) is 0 Å². The second kappa shape index (κ2) is 7.21. The van der Waals surface area contributed by atoms with Gasteiger partial charge in [0.25, 0.3) is 0 Å². The number of hydrogen-bond donors (Lipinski definition) is 2. The van der Waals surface area contributed by atoms with Crippen molar-refractivity contribution in [2.24, 2.45) is 0 Å². The van der Waals surface area contributed by atoms with Crippen LogP contribution in [0.1, 0.15) is 13.8 Å². The van der Waals surface area contributed by atoms with E-state index in [0.717, 1.165) is 12.1 Å². The van der Waals surface area contributed by atoms with E-state index in [1.807, 2.05) is 32.0 Å². The van der Waals surface area contributed by atoms with Crippen molar-refractivity contribution in [1.29, 1.82) is 0 Å². The van der Waals surface area contributed by atoms with Gasteiger partial charge in [0.15, 0.2) is 11.6 Å². The summed E-state index contributed by atoms with van der Waals surface area (Å²) < 4.78 is 26.5. The zero-order valence-corrected chi connectivity index (χ0v) is 13.8. The third kappa shape index (κ3) is 4.26. The molecule has 128 valence electrons. The Hall–Kier alpha value is -3.09. The molecule has 0 aliphatic rings. The molecule has 0 amide bonds. The first-order valence-corrected chi connectivity index (χ1v) is 7.80. The fourth-order valence-electron chi connectivity index (χ4n) is 2.20. The van der Waals surface area contributed by atoms with Crippen LogP contribution in [0.4, 0.5) is 26.2 Å². The number of aromatic nitrogens is 3. The molecule has 5 nitrogen and oxygen atoms in total. The van der Waals surface area contributed by atoms with Crippen molar-refractivity contribution in [2.75, 3.05) is 10.6 Å². The van der Waals surface area contributed by atoms with Gasteiger partial charge >= 0.3 is 0 Å². The van der Waals surface area contributed by atoms with Gasteiger partial charge in [-0.3, -0.25) is 4.98 Å². The Bertz CT molecular complexity index is 869. The normalized spacial score (nSPS) is 10.8. The Labute approximate surface area is 144 Å². The first kappa shape index (κ1) is 16.8. The highest BCUT2D eigenvalue weighted by atomic mass is 19.2. The van der Waals surface area contributed by atoms with Gasteiger partial charge in [-0.1, -0.05) is 6.07 Å². The third-order valence-corrected chi connectivity index (χ3v) is 3.26. The topological polar surface area (TPSA) is 62.7 Å². The Morgan fingerprint density at radius 2 is 1.76 bits per heavy atom. The predicted octanol–water partition coefficient (Wildman–Crippen LogP) is 4.38. The molecule has 25 heavy (non-hydrogen) atoms. The maximum atomic E-state index is 13.4. The second-order valence-electron chi connectivity index (χ2n) is 5.73. The highest BCUT2D eigenvalue weighted by molar-refractivity contribution is 5.65. The lowest BCUT2D eigenvalue weighted by Crippen LogP contribution is -2.13. The van der Waals surface area contributed by atoms with Gasteiger partial charge < -0.3 is 10.6 Å². The zero-order chi connectivity index (χ0) is 17.8. The summed E-state index contributed by atoms with van der Waals surface area (Å²) in [7, 11) is 0. The molecule has 7 heteroatoms. The highest BCUT2D eigenvalue weighted by Gasteiger charge is 2.10. The fraction of sp³-hybridized carbons (Fsp3) is 0.167. The average molecular weight is 341 g/mol. The first-order chi connectivity index (χ1) is 12.0. The van der Waals surface area contributed by atoms with E-state index < -0.39 is 11.6 Å². The summed E-state index contributed by atoms with van der Waals surface area (Å²) in [6.45, 7) is 3.94. The Kier molecular flexibility index (Phi) is 4.83.